The number of nitrogens with one attached hydrogen (secondary N) is 1. The molecule has 0 aliphatic carbocycles. The molecule has 0 fully saturated rings. The zero-order valence-electron chi connectivity index (χ0n) is 14.6. The highest BCUT2D eigenvalue weighted by molar-refractivity contribution is 6.08. The number of methoxy groups -OCH3 is 2. The van der Waals surface area contributed by atoms with Gasteiger partial charge in [0, 0.05) is 0 Å². The highest BCUT2D eigenvalue weighted by atomic mass is 19.4. The first-order valence-electron chi connectivity index (χ1n) is 8.08. The van der Waals surface area contributed by atoms with Crippen molar-refractivity contribution < 1.29 is 27.4 Å². The van der Waals surface area contributed by atoms with E-state index in [1.165, 1.54) is 13.2 Å². The van der Waals surface area contributed by atoms with Crippen molar-refractivity contribution in [2.24, 2.45) is 10.9 Å². The molecule has 1 heterocycles. The quantitative estimate of drug-likeness (QED) is 0.810. The summed E-state index contributed by atoms with van der Waals surface area (Å²) in [7, 11) is 2.54. The van der Waals surface area contributed by atoms with Gasteiger partial charge in [-0.1, -0.05) is 24.3 Å². The van der Waals surface area contributed by atoms with Crippen LogP contribution in [0.25, 0.3) is 0 Å². The summed E-state index contributed by atoms with van der Waals surface area (Å²) in [6.45, 7) is 0. The Morgan fingerprint density at radius 1 is 1.07 bits per heavy atom. The topological polar surface area (TPSA) is 59.9 Å². The number of benzene rings is 2. The second kappa shape index (κ2) is 7.30. The van der Waals surface area contributed by atoms with Gasteiger partial charge in [0.2, 0.25) is 0 Å². The maximum absolute atomic E-state index is 13.8. The van der Waals surface area contributed by atoms with Gasteiger partial charge in [-0.05, 0) is 29.8 Å². The summed E-state index contributed by atoms with van der Waals surface area (Å²) in [6.07, 6.45) is -4.80. The predicted molar refractivity (Wildman–Crippen MR) is 94.5 cm³/mol. The highest BCUT2D eigenvalue weighted by Gasteiger charge is 2.49. The number of esters is 1. The fraction of sp³-hybridized carbons (Fsp3) is 0.263. The molecule has 2 aromatic carbocycles. The van der Waals surface area contributed by atoms with Crippen LogP contribution in [-0.2, 0) is 9.53 Å². The predicted octanol–water partition coefficient (Wildman–Crippen LogP) is 4.29. The third-order valence-electron chi connectivity index (χ3n) is 4.30. The molecule has 5 nitrogen and oxygen atoms in total. The van der Waals surface area contributed by atoms with Crippen LogP contribution in [0.4, 0.5) is 24.5 Å². The number of hydrogen-bond donors (Lipinski definition) is 1. The van der Waals surface area contributed by atoms with Crippen molar-refractivity contribution in [3.63, 3.8) is 0 Å². The molecule has 142 valence electrons. The monoisotopic (exact) mass is 378 g/mol. The van der Waals surface area contributed by atoms with Crippen molar-refractivity contribution in [2.45, 2.75) is 12.2 Å². The van der Waals surface area contributed by atoms with Gasteiger partial charge >= 0.3 is 12.1 Å². The number of nitrogens with zero attached hydrogens (tertiary/aromatic N) is 1. The number of alkyl halides is 3. The molecule has 0 bridgehead atoms. The molecule has 0 saturated heterocycles. The number of ether oxygens (including phenoxy) is 2. The molecule has 0 amide bonds. The Morgan fingerprint density at radius 2 is 1.74 bits per heavy atom. The molecule has 0 spiro atoms. The van der Waals surface area contributed by atoms with Crippen LogP contribution in [0.1, 0.15) is 11.6 Å². The fourth-order valence-corrected chi connectivity index (χ4v) is 3.00. The first kappa shape index (κ1) is 18.8. The Morgan fingerprint density at radius 3 is 2.33 bits per heavy atom. The first-order chi connectivity index (χ1) is 12.8. The summed E-state index contributed by atoms with van der Waals surface area (Å²) in [5.74, 6) is -2.14. The number of para-hydroxylation sites is 2. The lowest BCUT2D eigenvalue weighted by atomic mass is 9.88. The molecule has 3 rings (SSSR count). The number of carbonyl (C=O) groups excluding carboxylic acids is 1. The number of anilines is 1. The van der Waals surface area contributed by atoms with Crippen LogP contribution in [0.3, 0.4) is 0 Å². The Labute approximate surface area is 153 Å². The van der Waals surface area contributed by atoms with E-state index in [4.69, 9.17) is 4.74 Å². The molecule has 0 saturated carbocycles. The number of rotatable bonds is 3. The van der Waals surface area contributed by atoms with E-state index in [2.05, 4.69) is 15.0 Å². The van der Waals surface area contributed by atoms with Crippen LogP contribution in [-0.4, -0.2) is 32.1 Å². The summed E-state index contributed by atoms with van der Waals surface area (Å²) in [6, 6.07) is 11.8. The number of halogens is 3. The molecular formula is C19H17F3N2O3. The molecule has 0 radical (unpaired) electrons. The fourth-order valence-electron chi connectivity index (χ4n) is 3.00. The van der Waals surface area contributed by atoms with Gasteiger partial charge in [-0.15, -0.1) is 0 Å². The largest absolute Gasteiger partial charge is 0.497 e. The molecule has 1 N–H and O–H groups in total. The minimum Gasteiger partial charge on any atom is -0.497 e. The summed E-state index contributed by atoms with van der Waals surface area (Å²) >= 11 is 0. The van der Waals surface area contributed by atoms with Crippen molar-refractivity contribution in [2.75, 3.05) is 19.5 Å². The summed E-state index contributed by atoms with van der Waals surface area (Å²) in [4.78, 5) is 16.1. The molecular weight excluding hydrogens is 361 g/mol. The highest BCUT2D eigenvalue weighted by Crippen LogP contribution is 2.41. The molecule has 2 atom stereocenters. The molecule has 27 heavy (non-hydrogen) atoms. The lowest BCUT2D eigenvalue weighted by Crippen LogP contribution is -2.41. The third-order valence-corrected chi connectivity index (χ3v) is 4.30. The van der Waals surface area contributed by atoms with Crippen LogP contribution in [0.2, 0.25) is 0 Å². The molecule has 2 unspecified atom stereocenters. The minimum absolute atomic E-state index is 0.106. The van der Waals surface area contributed by atoms with Crippen LogP contribution >= 0.6 is 0 Å². The van der Waals surface area contributed by atoms with E-state index < -0.39 is 29.8 Å². The van der Waals surface area contributed by atoms with Crippen LogP contribution < -0.4 is 10.1 Å². The van der Waals surface area contributed by atoms with Crippen molar-refractivity contribution in [3.05, 3.63) is 54.1 Å². The number of aliphatic imine (C=N–C) groups is 1. The third kappa shape index (κ3) is 3.74. The smallest absolute Gasteiger partial charge is 0.430 e. The van der Waals surface area contributed by atoms with Gasteiger partial charge in [0.25, 0.3) is 0 Å². The molecule has 1 aliphatic heterocycles. The Balaban J connectivity index is 2.19. The van der Waals surface area contributed by atoms with Crippen molar-refractivity contribution >= 4 is 23.1 Å². The second-order valence-corrected chi connectivity index (χ2v) is 5.91. The first-order valence-corrected chi connectivity index (χ1v) is 8.08. The van der Waals surface area contributed by atoms with E-state index >= 15 is 0 Å². The zero-order valence-corrected chi connectivity index (χ0v) is 14.6. The molecule has 0 aromatic heterocycles. The van der Waals surface area contributed by atoms with Gasteiger partial charge in [0.1, 0.15) is 17.4 Å². The zero-order chi connectivity index (χ0) is 19.6. The maximum Gasteiger partial charge on any atom is 0.430 e. The summed E-state index contributed by atoms with van der Waals surface area (Å²) in [5, 5.41) is 3.02. The van der Waals surface area contributed by atoms with Crippen molar-refractivity contribution in [1.29, 1.82) is 0 Å². The SMILES string of the molecule is COC(=O)C1C(C(F)(F)F)=Nc2ccccc2NC1c1ccc(OC)cc1. The van der Waals surface area contributed by atoms with Crippen LogP contribution in [0.15, 0.2) is 53.5 Å². The molecule has 1 aliphatic rings. The Bertz CT molecular complexity index is 863. The lowest BCUT2D eigenvalue weighted by molar-refractivity contribution is -0.145. The van der Waals surface area contributed by atoms with Gasteiger partial charge in [-0.3, -0.25) is 4.79 Å². The standard InChI is InChI=1S/C19H17F3N2O3/c1-26-12-9-7-11(8-10-12)16-15(18(25)27-2)17(19(20,21)22)24-14-6-4-3-5-13(14)23-16/h3-10,15-16,23H,1-2H3. The van der Waals surface area contributed by atoms with Crippen LogP contribution in [0.5, 0.6) is 5.75 Å². The normalized spacial score (nSPS) is 19.2. The van der Waals surface area contributed by atoms with E-state index in [-0.39, 0.29) is 5.69 Å². The molecule has 8 heteroatoms. The average Bonchev–Trinajstić information content (AvgIpc) is 2.84. The minimum atomic E-state index is -4.80. The molecule has 2 aromatic rings. The average molecular weight is 378 g/mol. The van der Waals surface area contributed by atoms with E-state index in [1.54, 1.807) is 42.5 Å². The van der Waals surface area contributed by atoms with E-state index in [0.717, 1.165) is 7.11 Å². The van der Waals surface area contributed by atoms with E-state index in [0.29, 0.717) is 17.0 Å². The van der Waals surface area contributed by atoms with Gasteiger partial charge in [-0.2, -0.15) is 13.2 Å². The Hall–Kier alpha value is -3.03. The summed E-state index contributed by atoms with van der Waals surface area (Å²) in [5.41, 5.74) is -0.228. The number of carbonyl (C=O) groups is 1. The van der Waals surface area contributed by atoms with Crippen molar-refractivity contribution in [3.8, 4) is 5.75 Å². The number of hydrogen-bond acceptors (Lipinski definition) is 5. The van der Waals surface area contributed by atoms with Gasteiger partial charge in [-0.25, -0.2) is 4.99 Å². The van der Waals surface area contributed by atoms with E-state index in [1.807, 2.05) is 0 Å². The second-order valence-electron chi connectivity index (χ2n) is 5.91. The number of fused-ring (bicyclic) bond motifs is 1. The van der Waals surface area contributed by atoms with Crippen LogP contribution in [0, 0.1) is 5.92 Å². The lowest BCUT2D eigenvalue weighted by Gasteiger charge is -2.27. The Kier molecular flexibility index (Phi) is 5.07. The maximum atomic E-state index is 13.8. The summed E-state index contributed by atoms with van der Waals surface area (Å²) < 4.78 is 51.1. The van der Waals surface area contributed by atoms with Gasteiger partial charge in [0.15, 0.2) is 0 Å². The van der Waals surface area contributed by atoms with E-state index in [9.17, 15) is 18.0 Å². The van der Waals surface area contributed by atoms with Gasteiger partial charge in [0.05, 0.1) is 31.6 Å². The van der Waals surface area contributed by atoms with Crippen molar-refractivity contribution in [1.82, 2.24) is 0 Å². The van der Waals surface area contributed by atoms with Gasteiger partial charge < -0.3 is 14.8 Å².